The minimum absolute atomic E-state index is 0.205. The Bertz CT molecular complexity index is 1370. The average Bonchev–Trinajstić information content (AvgIpc) is 2.94. The summed E-state index contributed by atoms with van der Waals surface area (Å²) in [5, 5.41) is 14.5. The van der Waals surface area contributed by atoms with Crippen LogP contribution in [0.4, 0.5) is 0 Å². The van der Waals surface area contributed by atoms with Gasteiger partial charge in [-0.05, 0) is 25.1 Å². The van der Waals surface area contributed by atoms with Crippen molar-refractivity contribution in [2.75, 3.05) is 0 Å². The van der Waals surface area contributed by atoms with Crippen LogP contribution in [0.1, 0.15) is 11.3 Å². The summed E-state index contributed by atoms with van der Waals surface area (Å²) in [5.41, 5.74) is 1.89. The van der Waals surface area contributed by atoms with E-state index in [-0.39, 0.29) is 6.54 Å². The SMILES string of the molecule is Cc1c(C=Nn2c(=O)[nH]c3ccccc3c2=O)c2ccccc2n1CC#N. The van der Waals surface area contributed by atoms with Crippen molar-refractivity contribution in [2.24, 2.45) is 5.10 Å². The maximum atomic E-state index is 12.6. The zero-order chi connectivity index (χ0) is 19.0. The van der Waals surface area contributed by atoms with Gasteiger partial charge >= 0.3 is 5.69 Å². The number of aromatic nitrogens is 3. The Morgan fingerprint density at radius 3 is 2.59 bits per heavy atom. The first kappa shape index (κ1) is 16.5. The minimum atomic E-state index is -0.603. The Morgan fingerprint density at radius 2 is 1.81 bits per heavy atom. The second kappa shape index (κ2) is 6.42. The van der Waals surface area contributed by atoms with Crippen LogP contribution >= 0.6 is 0 Å². The van der Waals surface area contributed by atoms with Gasteiger partial charge in [0.25, 0.3) is 5.56 Å². The third kappa shape index (κ3) is 2.64. The molecule has 2 aromatic heterocycles. The van der Waals surface area contributed by atoms with Crippen LogP contribution < -0.4 is 11.2 Å². The number of H-pyrrole nitrogens is 1. The number of nitrogens with one attached hydrogen (secondary N) is 1. The summed E-state index contributed by atoms with van der Waals surface area (Å²) in [6.07, 6.45) is 1.50. The molecule has 0 aliphatic heterocycles. The Labute approximate surface area is 153 Å². The van der Waals surface area contributed by atoms with Crippen LogP contribution in [0.5, 0.6) is 0 Å². The number of nitrogens with zero attached hydrogens (tertiary/aromatic N) is 4. The molecule has 0 aliphatic carbocycles. The molecule has 0 unspecified atom stereocenters. The van der Waals surface area contributed by atoms with Crippen molar-refractivity contribution < 1.29 is 0 Å². The predicted molar refractivity (Wildman–Crippen MR) is 104 cm³/mol. The maximum absolute atomic E-state index is 12.6. The van der Waals surface area contributed by atoms with E-state index in [1.165, 1.54) is 6.21 Å². The van der Waals surface area contributed by atoms with Crippen molar-refractivity contribution in [3.05, 3.63) is 80.6 Å². The molecule has 0 fully saturated rings. The fraction of sp³-hybridized carbons (Fsp3) is 0.100. The molecule has 27 heavy (non-hydrogen) atoms. The van der Waals surface area contributed by atoms with E-state index in [2.05, 4.69) is 16.2 Å². The van der Waals surface area contributed by atoms with E-state index in [1.54, 1.807) is 24.3 Å². The molecule has 2 heterocycles. The summed E-state index contributed by atoms with van der Waals surface area (Å²) >= 11 is 0. The van der Waals surface area contributed by atoms with Crippen LogP contribution in [0, 0.1) is 18.3 Å². The van der Waals surface area contributed by atoms with Gasteiger partial charge in [0.1, 0.15) is 6.54 Å². The second-order valence-electron chi connectivity index (χ2n) is 6.10. The van der Waals surface area contributed by atoms with Gasteiger partial charge in [0, 0.05) is 22.2 Å². The van der Waals surface area contributed by atoms with Crippen LogP contribution in [0.25, 0.3) is 21.8 Å². The predicted octanol–water partition coefficient (Wildman–Crippen LogP) is 2.36. The molecule has 0 radical (unpaired) electrons. The first-order valence-electron chi connectivity index (χ1n) is 8.35. The molecule has 4 rings (SSSR count). The molecule has 7 nitrogen and oxygen atoms in total. The van der Waals surface area contributed by atoms with E-state index >= 15 is 0 Å². The molecule has 0 spiro atoms. The third-order valence-electron chi connectivity index (χ3n) is 4.59. The van der Waals surface area contributed by atoms with Crippen molar-refractivity contribution in [2.45, 2.75) is 13.5 Å². The molecule has 0 atom stereocenters. The quantitative estimate of drug-likeness (QED) is 0.570. The number of nitriles is 1. The number of fused-ring (bicyclic) bond motifs is 2. The number of hydrogen-bond donors (Lipinski definition) is 1. The van der Waals surface area contributed by atoms with E-state index < -0.39 is 11.2 Å². The lowest BCUT2D eigenvalue weighted by molar-refractivity contribution is 0.771. The Balaban J connectivity index is 1.91. The van der Waals surface area contributed by atoms with Gasteiger partial charge in [-0.25, -0.2) is 4.79 Å². The van der Waals surface area contributed by atoms with Crippen LogP contribution in [0.3, 0.4) is 0 Å². The van der Waals surface area contributed by atoms with Crippen molar-refractivity contribution >= 4 is 28.0 Å². The number of para-hydroxylation sites is 2. The smallest absolute Gasteiger partial charge is 0.330 e. The summed E-state index contributed by atoms with van der Waals surface area (Å²) in [4.78, 5) is 27.5. The Hall–Kier alpha value is -3.92. The average molecular weight is 357 g/mol. The molecule has 0 saturated heterocycles. The van der Waals surface area contributed by atoms with Crippen LogP contribution in [-0.2, 0) is 6.54 Å². The molecule has 0 saturated carbocycles. The van der Waals surface area contributed by atoms with Crippen molar-refractivity contribution in [3.63, 3.8) is 0 Å². The second-order valence-corrected chi connectivity index (χ2v) is 6.10. The summed E-state index contributed by atoms with van der Waals surface area (Å²) in [6, 6.07) is 16.6. The number of hydrogen-bond acceptors (Lipinski definition) is 4. The highest BCUT2D eigenvalue weighted by Crippen LogP contribution is 2.24. The first-order valence-corrected chi connectivity index (χ1v) is 8.35. The van der Waals surface area contributed by atoms with E-state index in [0.29, 0.717) is 10.9 Å². The highest BCUT2D eigenvalue weighted by molar-refractivity contribution is 6.01. The van der Waals surface area contributed by atoms with Gasteiger partial charge in [-0.15, -0.1) is 4.68 Å². The molecule has 0 bridgehead atoms. The van der Waals surface area contributed by atoms with Gasteiger partial charge in [-0.3, -0.25) is 4.79 Å². The molecular weight excluding hydrogens is 342 g/mol. The fourth-order valence-electron chi connectivity index (χ4n) is 3.27. The molecule has 7 heteroatoms. The molecule has 0 amide bonds. The molecule has 0 aliphatic rings. The summed E-state index contributed by atoms with van der Waals surface area (Å²) in [5.74, 6) is 0. The Kier molecular flexibility index (Phi) is 3.94. The van der Waals surface area contributed by atoms with Crippen molar-refractivity contribution in [1.29, 1.82) is 5.26 Å². The van der Waals surface area contributed by atoms with Gasteiger partial charge < -0.3 is 9.55 Å². The number of aromatic amines is 1. The standard InChI is InChI=1S/C20H15N5O2/c1-13-16(14-6-3-5-9-18(14)24(13)11-10-21)12-22-25-19(26)15-7-2-4-8-17(15)23-20(25)27/h2-9,12H,11H2,1H3,(H,23,27). The zero-order valence-corrected chi connectivity index (χ0v) is 14.5. The topological polar surface area (TPSA) is 95.9 Å². The van der Waals surface area contributed by atoms with E-state index in [4.69, 9.17) is 5.26 Å². The van der Waals surface area contributed by atoms with Crippen molar-refractivity contribution in [3.8, 4) is 6.07 Å². The molecule has 1 N–H and O–H groups in total. The molecule has 132 valence electrons. The van der Waals surface area contributed by atoms with Crippen LogP contribution in [-0.4, -0.2) is 20.4 Å². The minimum Gasteiger partial charge on any atom is -0.330 e. The normalized spacial score (nSPS) is 11.4. The maximum Gasteiger partial charge on any atom is 0.349 e. The summed E-state index contributed by atoms with van der Waals surface area (Å²) in [6.45, 7) is 2.09. The molecular formula is C20H15N5O2. The van der Waals surface area contributed by atoms with Gasteiger partial charge in [0.15, 0.2) is 0 Å². The number of rotatable bonds is 3. The Morgan fingerprint density at radius 1 is 1.11 bits per heavy atom. The zero-order valence-electron chi connectivity index (χ0n) is 14.5. The lowest BCUT2D eigenvalue weighted by Gasteiger charge is -2.02. The van der Waals surface area contributed by atoms with E-state index in [0.717, 1.165) is 26.8 Å². The highest BCUT2D eigenvalue weighted by atomic mass is 16.2. The highest BCUT2D eigenvalue weighted by Gasteiger charge is 2.12. The molecule has 4 aromatic rings. The van der Waals surface area contributed by atoms with E-state index in [1.807, 2.05) is 35.8 Å². The largest absolute Gasteiger partial charge is 0.349 e. The van der Waals surface area contributed by atoms with Gasteiger partial charge in [-0.2, -0.15) is 10.4 Å². The van der Waals surface area contributed by atoms with E-state index in [9.17, 15) is 9.59 Å². The lowest BCUT2D eigenvalue weighted by Crippen LogP contribution is -2.32. The summed E-state index contributed by atoms with van der Waals surface area (Å²) < 4.78 is 2.70. The fourth-order valence-corrected chi connectivity index (χ4v) is 3.27. The summed E-state index contributed by atoms with van der Waals surface area (Å²) in [7, 11) is 0. The van der Waals surface area contributed by atoms with Gasteiger partial charge in [0.05, 0.1) is 23.2 Å². The van der Waals surface area contributed by atoms with Crippen LogP contribution in [0.2, 0.25) is 0 Å². The molecule has 2 aromatic carbocycles. The first-order chi connectivity index (χ1) is 13.1. The monoisotopic (exact) mass is 357 g/mol. The lowest BCUT2D eigenvalue weighted by atomic mass is 10.1. The van der Waals surface area contributed by atoms with Crippen molar-refractivity contribution in [1.82, 2.24) is 14.2 Å². The number of benzene rings is 2. The van der Waals surface area contributed by atoms with Gasteiger partial charge in [-0.1, -0.05) is 30.3 Å². The third-order valence-corrected chi connectivity index (χ3v) is 4.59. The van der Waals surface area contributed by atoms with Crippen LogP contribution in [0.15, 0.2) is 63.2 Å². The van der Waals surface area contributed by atoms with Gasteiger partial charge in [0.2, 0.25) is 0 Å².